The van der Waals surface area contributed by atoms with E-state index in [0.29, 0.717) is 0 Å². The number of benzene rings is 1. The van der Waals surface area contributed by atoms with Crippen LogP contribution in [-0.4, -0.2) is 14.5 Å². The molecule has 0 radical (unpaired) electrons. The topological polar surface area (TPSA) is 42.9 Å². The molecule has 88 valence electrons. The summed E-state index contributed by atoms with van der Waals surface area (Å²) in [7, 11) is 0. The first-order valence-corrected chi connectivity index (χ1v) is 5.21. The van der Waals surface area contributed by atoms with Gasteiger partial charge in [-0.3, -0.25) is 4.79 Å². The fourth-order valence-electron chi connectivity index (χ4n) is 1.25. The van der Waals surface area contributed by atoms with Gasteiger partial charge in [-0.25, -0.2) is 0 Å². The Kier molecular flexibility index (Phi) is 2.93. The Morgan fingerprint density at radius 3 is 2.65 bits per heavy atom. The molecule has 0 saturated carbocycles. The fourth-order valence-corrected chi connectivity index (χ4v) is 1.66. The molecule has 0 bridgehead atoms. The fraction of sp³-hybridized carbons (Fsp3) is 0.100. The molecule has 0 fully saturated rings. The van der Waals surface area contributed by atoms with Gasteiger partial charge in [0.1, 0.15) is 5.69 Å². The SMILES string of the molecule is O=C(c1cccc(C(F)(F)F)c1)c1cnsn1. The molecule has 1 aromatic heterocycles. The van der Waals surface area contributed by atoms with E-state index in [9.17, 15) is 18.0 Å². The minimum absolute atomic E-state index is 0.0486. The van der Waals surface area contributed by atoms with Crippen LogP contribution < -0.4 is 0 Å². The van der Waals surface area contributed by atoms with Gasteiger partial charge in [-0.2, -0.15) is 21.9 Å². The number of carbonyl (C=O) groups excluding carboxylic acids is 1. The Bertz CT molecular complexity index is 537. The summed E-state index contributed by atoms with van der Waals surface area (Å²) in [5.41, 5.74) is -0.853. The number of hydrogen-bond donors (Lipinski definition) is 0. The minimum atomic E-state index is -4.46. The highest BCUT2D eigenvalue weighted by Gasteiger charge is 2.31. The largest absolute Gasteiger partial charge is 0.416 e. The van der Waals surface area contributed by atoms with Gasteiger partial charge in [0.2, 0.25) is 5.78 Å². The second kappa shape index (κ2) is 4.25. The Morgan fingerprint density at radius 1 is 1.29 bits per heavy atom. The smallest absolute Gasteiger partial charge is 0.287 e. The molecule has 0 aliphatic rings. The van der Waals surface area contributed by atoms with E-state index in [-0.39, 0.29) is 11.3 Å². The highest BCUT2D eigenvalue weighted by atomic mass is 32.1. The van der Waals surface area contributed by atoms with Crippen LogP contribution in [0.5, 0.6) is 0 Å². The van der Waals surface area contributed by atoms with E-state index < -0.39 is 17.5 Å². The van der Waals surface area contributed by atoms with Crippen LogP contribution in [0.1, 0.15) is 21.6 Å². The lowest BCUT2D eigenvalue weighted by molar-refractivity contribution is -0.137. The van der Waals surface area contributed by atoms with E-state index in [1.54, 1.807) is 0 Å². The molecule has 0 aliphatic carbocycles. The van der Waals surface area contributed by atoms with Crippen LogP contribution in [0.3, 0.4) is 0 Å². The Hall–Kier alpha value is -1.76. The molecule has 0 atom stereocenters. The molecule has 2 rings (SSSR count). The number of hydrogen-bond acceptors (Lipinski definition) is 4. The Balaban J connectivity index is 2.38. The minimum Gasteiger partial charge on any atom is -0.287 e. The van der Waals surface area contributed by atoms with Crippen molar-refractivity contribution in [2.45, 2.75) is 6.18 Å². The van der Waals surface area contributed by atoms with Gasteiger partial charge in [-0.15, -0.1) is 0 Å². The molecule has 2 aromatic rings. The highest BCUT2D eigenvalue weighted by Crippen LogP contribution is 2.29. The summed E-state index contributed by atoms with van der Waals surface area (Å²) in [6, 6.07) is 4.23. The quantitative estimate of drug-likeness (QED) is 0.778. The maximum atomic E-state index is 12.4. The number of ketones is 1. The van der Waals surface area contributed by atoms with Gasteiger partial charge < -0.3 is 0 Å². The number of rotatable bonds is 2. The van der Waals surface area contributed by atoms with Crippen molar-refractivity contribution in [2.75, 3.05) is 0 Å². The molecule has 1 aromatic carbocycles. The van der Waals surface area contributed by atoms with E-state index in [4.69, 9.17) is 0 Å². The number of halogens is 3. The molecular weight excluding hydrogens is 253 g/mol. The zero-order valence-electron chi connectivity index (χ0n) is 8.23. The summed E-state index contributed by atoms with van der Waals surface area (Å²) in [4.78, 5) is 11.7. The molecule has 0 N–H and O–H groups in total. The molecule has 7 heteroatoms. The summed E-state index contributed by atoms with van der Waals surface area (Å²) < 4.78 is 44.6. The molecule has 3 nitrogen and oxygen atoms in total. The third-order valence-corrected chi connectivity index (χ3v) is 2.52. The Morgan fingerprint density at radius 2 is 2.06 bits per heavy atom. The average molecular weight is 258 g/mol. The summed E-state index contributed by atoms with van der Waals surface area (Å²) >= 11 is 0.829. The van der Waals surface area contributed by atoms with Crippen molar-refractivity contribution in [1.82, 2.24) is 8.75 Å². The van der Waals surface area contributed by atoms with Crippen molar-refractivity contribution in [2.24, 2.45) is 0 Å². The van der Waals surface area contributed by atoms with Crippen LogP contribution in [-0.2, 0) is 6.18 Å². The lowest BCUT2D eigenvalue weighted by Crippen LogP contribution is -2.08. The van der Waals surface area contributed by atoms with Crippen LogP contribution in [0.25, 0.3) is 0 Å². The van der Waals surface area contributed by atoms with Crippen molar-refractivity contribution in [1.29, 1.82) is 0 Å². The van der Waals surface area contributed by atoms with E-state index in [0.717, 1.165) is 23.9 Å². The first-order valence-electron chi connectivity index (χ1n) is 4.48. The number of carbonyl (C=O) groups is 1. The van der Waals surface area contributed by atoms with Gasteiger partial charge in [0.25, 0.3) is 0 Å². The molecule has 0 unspecified atom stereocenters. The maximum absolute atomic E-state index is 12.4. The van der Waals surface area contributed by atoms with Crippen molar-refractivity contribution in [3.8, 4) is 0 Å². The molecule has 0 aliphatic heterocycles. The van der Waals surface area contributed by atoms with E-state index in [2.05, 4.69) is 8.75 Å². The first-order chi connectivity index (χ1) is 7.98. The lowest BCUT2D eigenvalue weighted by Gasteiger charge is -2.07. The van der Waals surface area contributed by atoms with Crippen LogP contribution in [0.15, 0.2) is 30.5 Å². The molecule has 1 heterocycles. The van der Waals surface area contributed by atoms with E-state index in [1.165, 1.54) is 18.3 Å². The second-order valence-corrected chi connectivity index (χ2v) is 3.76. The second-order valence-electron chi connectivity index (χ2n) is 3.20. The zero-order valence-corrected chi connectivity index (χ0v) is 9.05. The van der Waals surface area contributed by atoms with Gasteiger partial charge in [-0.05, 0) is 12.1 Å². The first kappa shape index (κ1) is 11.7. The number of nitrogens with zero attached hydrogens (tertiary/aromatic N) is 2. The predicted molar refractivity (Wildman–Crippen MR) is 54.8 cm³/mol. The predicted octanol–water partition coefficient (Wildman–Crippen LogP) is 2.79. The number of alkyl halides is 3. The highest BCUT2D eigenvalue weighted by molar-refractivity contribution is 6.99. The molecule has 0 saturated heterocycles. The van der Waals surface area contributed by atoms with Crippen molar-refractivity contribution < 1.29 is 18.0 Å². The van der Waals surface area contributed by atoms with Gasteiger partial charge in [0.15, 0.2) is 0 Å². The van der Waals surface area contributed by atoms with Crippen LogP contribution in [0, 0.1) is 0 Å². The Labute approximate surface area is 98.2 Å². The molecular formula is C10H5F3N2OS. The van der Waals surface area contributed by atoms with Crippen LogP contribution >= 0.6 is 11.7 Å². The van der Waals surface area contributed by atoms with Gasteiger partial charge in [0.05, 0.1) is 23.5 Å². The van der Waals surface area contributed by atoms with Crippen molar-refractivity contribution >= 4 is 17.5 Å². The zero-order chi connectivity index (χ0) is 12.5. The van der Waals surface area contributed by atoms with Crippen molar-refractivity contribution in [3.05, 3.63) is 47.3 Å². The monoisotopic (exact) mass is 258 g/mol. The van der Waals surface area contributed by atoms with Gasteiger partial charge >= 0.3 is 6.18 Å². The van der Waals surface area contributed by atoms with Crippen LogP contribution in [0.4, 0.5) is 13.2 Å². The molecule has 0 amide bonds. The maximum Gasteiger partial charge on any atom is 0.416 e. The van der Waals surface area contributed by atoms with Gasteiger partial charge in [-0.1, -0.05) is 12.1 Å². The molecule has 0 spiro atoms. The summed E-state index contributed by atoms with van der Waals surface area (Å²) in [6.45, 7) is 0. The number of aromatic nitrogens is 2. The standard InChI is InChI=1S/C10H5F3N2OS/c11-10(12,13)7-3-1-2-6(4-7)9(16)8-5-14-17-15-8/h1-5H. The van der Waals surface area contributed by atoms with Crippen LogP contribution in [0.2, 0.25) is 0 Å². The van der Waals surface area contributed by atoms with E-state index in [1.807, 2.05) is 0 Å². The average Bonchev–Trinajstić information content (AvgIpc) is 2.80. The lowest BCUT2D eigenvalue weighted by atomic mass is 10.1. The van der Waals surface area contributed by atoms with Gasteiger partial charge in [0, 0.05) is 5.56 Å². The normalized spacial score (nSPS) is 11.5. The third-order valence-electron chi connectivity index (χ3n) is 2.05. The summed E-state index contributed by atoms with van der Waals surface area (Å²) in [5, 5.41) is 0. The summed E-state index contributed by atoms with van der Waals surface area (Å²) in [6.07, 6.45) is -3.23. The third kappa shape index (κ3) is 2.50. The summed E-state index contributed by atoms with van der Waals surface area (Å²) in [5.74, 6) is -0.565. The molecule has 17 heavy (non-hydrogen) atoms. The van der Waals surface area contributed by atoms with Crippen molar-refractivity contribution in [3.63, 3.8) is 0 Å². The van der Waals surface area contributed by atoms with E-state index >= 15 is 0 Å².